The van der Waals surface area contributed by atoms with Gasteiger partial charge in [0.25, 0.3) is 11.8 Å². The second-order valence-electron chi connectivity index (χ2n) is 16.5. The number of fused-ring (bicyclic) bond motifs is 1. The van der Waals surface area contributed by atoms with E-state index < -0.39 is 62.5 Å². The summed E-state index contributed by atoms with van der Waals surface area (Å²) in [7, 11) is -2.34. The number of ether oxygens (including phenoxy) is 12. The van der Waals surface area contributed by atoms with E-state index in [1.807, 2.05) is 6.92 Å². The van der Waals surface area contributed by atoms with Gasteiger partial charge in [0.05, 0.1) is 151 Å². The summed E-state index contributed by atoms with van der Waals surface area (Å²) in [6.45, 7) is 7.76. The van der Waals surface area contributed by atoms with Crippen LogP contribution in [0.1, 0.15) is 42.1 Å². The third-order valence-corrected chi connectivity index (χ3v) is 11.0. The predicted molar refractivity (Wildman–Crippen MR) is 270 cm³/mol. The first kappa shape index (κ1) is 67.8. The second-order valence-corrected chi connectivity index (χ2v) is 17.8. The lowest BCUT2D eigenvalue weighted by molar-refractivity contribution is -0.181. The number of hydroxylamine groups is 2. The van der Waals surface area contributed by atoms with Gasteiger partial charge in [-0.1, -0.05) is 13.0 Å². The van der Waals surface area contributed by atoms with Crippen molar-refractivity contribution in [2.45, 2.75) is 31.1 Å². The number of rotatable bonds is 43. The van der Waals surface area contributed by atoms with Crippen LogP contribution in [0.15, 0.2) is 33.7 Å². The van der Waals surface area contributed by atoms with Gasteiger partial charge in [0.15, 0.2) is 16.5 Å². The largest absolute Gasteiger partial charge is 0.447 e. The van der Waals surface area contributed by atoms with Gasteiger partial charge in [-0.2, -0.15) is 17.2 Å². The summed E-state index contributed by atoms with van der Waals surface area (Å²) in [6, 6.07) is 5.03. The summed E-state index contributed by atoms with van der Waals surface area (Å²) in [6.07, 6.45) is 1.14. The maximum absolute atomic E-state index is 14.0. The van der Waals surface area contributed by atoms with Crippen molar-refractivity contribution < 1.29 is 111 Å². The normalized spacial score (nSPS) is 12.4. The van der Waals surface area contributed by atoms with Gasteiger partial charge in [-0.25, -0.2) is 23.6 Å². The molecule has 0 aromatic heterocycles. The zero-order valence-corrected chi connectivity index (χ0v) is 45.3. The highest BCUT2D eigenvalue weighted by Gasteiger charge is 2.34. The summed E-state index contributed by atoms with van der Waals surface area (Å²) in [5.41, 5.74) is 8.08. The van der Waals surface area contributed by atoms with Crippen LogP contribution in [0.25, 0.3) is 6.08 Å². The lowest BCUT2D eigenvalue weighted by Gasteiger charge is -2.22. The molecule has 1 aliphatic rings. The van der Waals surface area contributed by atoms with Crippen molar-refractivity contribution in [2.24, 2.45) is 10.7 Å². The number of amides is 3. The number of nitrogens with zero attached hydrogens (tertiary/aromatic N) is 3. The van der Waals surface area contributed by atoms with E-state index in [1.54, 1.807) is 38.4 Å². The van der Waals surface area contributed by atoms with Crippen molar-refractivity contribution in [3.05, 3.63) is 58.2 Å². The first-order valence-electron chi connectivity index (χ1n) is 25.0. The Morgan fingerprint density at radius 2 is 1.09 bits per heavy atom. The van der Waals surface area contributed by atoms with E-state index in [2.05, 4.69) is 15.0 Å². The number of nitrogens with one attached hydrogen (secondary N) is 1. The molecule has 79 heavy (non-hydrogen) atoms. The molecule has 3 rings (SSSR count). The van der Waals surface area contributed by atoms with Gasteiger partial charge >= 0.3 is 22.2 Å². The number of esters is 1. The number of benzene rings is 2. The van der Waals surface area contributed by atoms with Crippen LogP contribution < -0.4 is 15.8 Å². The number of carbonyl (C=O) groups excluding carboxylic acids is 4. The molecule has 0 fully saturated rings. The highest BCUT2D eigenvalue weighted by atomic mass is 32.2. The number of halogens is 4. The molecule has 2 aromatic rings. The Kier molecular flexibility index (Phi) is 33.5. The van der Waals surface area contributed by atoms with Crippen molar-refractivity contribution in [3.63, 3.8) is 0 Å². The molecule has 25 nitrogen and oxygen atoms in total. The molecule has 0 saturated heterocycles. The summed E-state index contributed by atoms with van der Waals surface area (Å²) in [5.74, 6) is -13.1. The zero-order valence-electron chi connectivity index (χ0n) is 44.4. The molecular formula is C49H71F4N5O20S. The van der Waals surface area contributed by atoms with E-state index >= 15 is 0 Å². The fraction of sp³-hybridized carbons (Fsp3) is 0.612. The summed E-state index contributed by atoms with van der Waals surface area (Å²) < 4.78 is 150. The van der Waals surface area contributed by atoms with E-state index in [9.17, 15) is 45.2 Å². The SMILES string of the molecule is CCCN(OCCNC(=O)OCCOCCOCCOCCOCCOCCOCCOCCOCCOCCOCCC(=O)Oc1c(F)c(F)c(S(=O)(=O)O)c(F)c1F)C(=O)C1=Cc2ccc(C(=O)N(C)C)cc2N=C(N)C1. The van der Waals surface area contributed by atoms with Crippen LogP contribution in [-0.4, -0.2) is 225 Å². The topological polar surface area (TPSA) is 300 Å². The Morgan fingerprint density at radius 1 is 0.646 bits per heavy atom. The molecule has 0 saturated carbocycles. The van der Waals surface area contributed by atoms with Gasteiger partial charge in [-0.3, -0.25) is 23.8 Å². The number of aliphatic imine (C=N–C) groups is 1. The van der Waals surface area contributed by atoms with Crippen LogP contribution in [-0.2, 0) is 76.7 Å². The molecule has 2 aromatic carbocycles. The zero-order chi connectivity index (χ0) is 57.8. The third kappa shape index (κ3) is 27.0. The van der Waals surface area contributed by atoms with Gasteiger partial charge in [-0.15, -0.1) is 0 Å². The molecule has 30 heteroatoms. The van der Waals surface area contributed by atoms with Gasteiger partial charge in [0, 0.05) is 50.3 Å². The van der Waals surface area contributed by atoms with Gasteiger partial charge < -0.3 is 72.8 Å². The molecule has 0 atom stereocenters. The smallest absolute Gasteiger partial charge is 0.407 e. The van der Waals surface area contributed by atoms with Crippen molar-refractivity contribution in [2.75, 3.05) is 173 Å². The van der Waals surface area contributed by atoms with E-state index in [0.717, 1.165) is 0 Å². The van der Waals surface area contributed by atoms with Crippen LogP contribution in [0.4, 0.5) is 28.0 Å². The van der Waals surface area contributed by atoms with Gasteiger partial charge in [-0.05, 0) is 24.6 Å². The molecule has 446 valence electrons. The third-order valence-electron chi connectivity index (χ3n) is 10.1. The molecule has 3 amide bonds. The van der Waals surface area contributed by atoms with E-state index in [-0.39, 0.29) is 83.5 Å². The Balaban J connectivity index is 1.02. The average Bonchev–Trinajstić information content (AvgIpc) is 3.64. The number of amidine groups is 1. The molecule has 0 bridgehead atoms. The minimum atomic E-state index is -5.65. The number of hydrogen-bond donors (Lipinski definition) is 3. The van der Waals surface area contributed by atoms with E-state index in [0.29, 0.717) is 128 Å². The average molecular weight is 1160 g/mol. The summed E-state index contributed by atoms with van der Waals surface area (Å²) >= 11 is 0. The van der Waals surface area contributed by atoms with Crippen molar-refractivity contribution in [1.29, 1.82) is 0 Å². The molecule has 4 N–H and O–H groups in total. The maximum atomic E-state index is 14.0. The number of carbonyl (C=O) groups is 4. The Hall–Kier alpha value is -5.48. The quantitative estimate of drug-likeness (QED) is 0.0163. The fourth-order valence-electron chi connectivity index (χ4n) is 6.37. The van der Waals surface area contributed by atoms with E-state index in [1.165, 1.54) is 9.96 Å². The highest BCUT2D eigenvalue weighted by Crippen LogP contribution is 2.33. The van der Waals surface area contributed by atoms with Crippen molar-refractivity contribution in [1.82, 2.24) is 15.3 Å². The molecular weight excluding hydrogens is 1090 g/mol. The fourth-order valence-corrected chi connectivity index (χ4v) is 7.00. The predicted octanol–water partition coefficient (Wildman–Crippen LogP) is 3.03. The lowest BCUT2D eigenvalue weighted by Crippen LogP contribution is -2.37. The summed E-state index contributed by atoms with van der Waals surface area (Å²) in [5, 5.41) is 3.80. The monoisotopic (exact) mass is 1160 g/mol. The second kappa shape index (κ2) is 39.0. The summed E-state index contributed by atoms with van der Waals surface area (Å²) in [4.78, 5) is 59.2. The molecule has 0 unspecified atom stereocenters. The number of alkyl carbamates (subject to hydrolysis) is 1. The number of nitrogens with two attached hydrogens (primary N) is 1. The highest BCUT2D eigenvalue weighted by molar-refractivity contribution is 7.85. The Labute approximate surface area is 455 Å². The van der Waals surface area contributed by atoms with Crippen LogP contribution in [0.2, 0.25) is 0 Å². The van der Waals surface area contributed by atoms with Crippen molar-refractivity contribution in [3.8, 4) is 5.75 Å². The van der Waals surface area contributed by atoms with Gasteiger partial charge in [0.1, 0.15) is 12.4 Å². The molecule has 1 heterocycles. The first-order chi connectivity index (χ1) is 38.0. The van der Waals surface area contributed by atoms with Crippen LogP contribution in [0, 0.1) is 23.3 Å². The minimum absolute atomic E-state index is 0.00537. The van der Waals surface area contributed by atoms with Crippen LogP contribution >= 0.6 is 0 Å². The molecule has 0 radical (unpaired) electrons. The Bertz CT molecular complexity index is 2340. The van der Waals surface area contributed by atoms with Crippen molar-refractivity contribution >= 4 is 51.6 Å². The van der Waals surface area contributed by atoms with Crippen LogP contribution in [0.5, 0.6) is 5.75 Å². The minimum Gasteiger partial charge on any atom is -0.447 e. The number of hydrogen-bond acceptors (Lipinski definition) is 21. The van der Waals surface area contributed by atoms with Crippen LogP contribution in [0.3, 0.4) is 0 Å². The maximum Gasteiger partial charge on any atom is 0.407 e. The Morgan fingerprint density at radius 3 is 1.52 bits per heavy atom. The van der Waals surface area contributed by atoms with E-state index in [4.69, 9.17) is 67.2 Å². The standard InChI is InChI=1S/C49H71F4N5O20S/c1-4-9-58(48(61)37-32-35-5-6-36(47(60)57(2)3)33-38(35)56-39(54)34-37)77-11-8-55-49(62)76-31-30-75-29-28-74-27-26-73-25-24-72-23-22-71-21-20-70-19-18-69-17-16-68-15-14-67-13-12-66-10-7-40(59)78-45-41(50)43(52)46(79(63,64)65)44(53)42(45)51/h5-6,32-33H,4,7-31,34H2,1-3H3,(H2,54,56)(H,55,62)(H,63,64,65). The molecule has 0 spiro atoms. The first-order valence-corrected chi connectivity index (χ1v) is 26.5. The molecule has 1 aliphatic heterocycles. The lowest BCUT2D eigenvalue weighted by atomic mass is 10.0. The molecule has 0 aliphatic carbocycles. The van der Waals surface area contributed by atoms with Gasteiger partial charge in [0.2, 0.25) is 17.4 Å².